The molecule has 0 aromatic carbocycles. The van der Waals surface area contributed by atoms with Crippen molar-refractivity contribution in [1.82, 2.24) is 10.2 Å². The summed E-state index contributed by atoms with van der Waals surface area (Å²) in [7, 11) is -2.95. The summed E-state index contributed by atoms with van der Waals surface area (Å²) in [6.07, 6.45) is 4.94. The summed E-state index contributed by atoms with van der Waals surface area (Å²) in [5, 5.41) is 3.26. The molecule has 0 unspecified atom stereocenters. The number of sulfone groups is 1. The van der Waals surface area contributed by atoms with E-state index in [1.54, 1.807) is 0 Å². The predicted octanol–water partition coefficient (Wildman–Crippen LogP) is 0.269. The number of likely N-dealkylation sites (tertiary alicyclic amines) is 1. The third-order valence-corrected chi connectivity index (χ3v) is 5.13. The zero-order valence-corrected chi connectivity index (χ0v) is 12.4. The first-order valence-corrected chi connectivity index (χ1v) is 9.19. The molecule has 2 saturated heterocycles. The molecule has 0 aromatic rings. The van der Waals surface area contributed by atoms with Gasteiger partial charge in [-0.3, -0.25) is 4.79 Å². The summed E-state index contributed by atoms with van der Waals surface area (Å²) < 4.78 is 22.7. The van der Waals surface area contributed by atoms with Crippen molar-refractivity contribution in [2.75, 3.05) is 38.2 Å². The van der Waals surface area contributed by atoms with Gasteiger partial charge in [-0.25, -0.2) is 8.42 Å². The van der Waals surface area contributed by atoms with E-state index in [-0.39, 0.29) is 23.5 Å². The molecule has 0 bridgehead atoms. The van der Waals surface area contributed by atoms with Crippen LogP contribution in [0.15, 0.2) is 0 Å². The number of amides is 1. The lowest BCUT2D eigenvalue weighted by Gasteiger charge is -2.35. The standard InChI is InChI=1S/C13H24N2O3S/c1-19(17,18)10-11-3-2-8-15(9-11)13(16)12-4-6-14-7-5-12/h11-12,14H,2-10H2,1H3/t11-/m0/s1. The second kappa shape index (κ2) is 6.22. The number of carbonyl (C=O) groups is 1. The lowest BCUT2D eigenvalue weighted by atomic mass is 9.93. The Morgan fingerprint density at radius 2 is 1.95 bits per heavy atom. The van der Waals surface area contributed by atoms with E-state index in [2.05, 4.69) is 5.32 Å². The number of carbonyl (C=O) groups excluding carboxylic acids is 1. The predicted molar refractivity (Wildman–Crippen MR) is 74.6 cm³/mol. The van der Waals surface area contributed by atoms with Crippen molar-refractivity contribution in [3.63, 3.8) is 0 Å². The maximum Gasteiger partial charge on any atom is 0.225 e. The highest BCUT2D eigenvalue weighted by Crippen LogP contribution is 2.22. The molecule has 0 saturated carbocycles. The number of nitrogens with zero attached hydrogens (tertiary/aromatic N) is 1. The minimum atomic E-state index is -2.95. The molecular weight excluding hydrogens is 264 g/mol. The van der Waals surface area contributed by atoms with Crippen LogP contribution in [0.5, 0.6) is 0 Å². The van der Waals surface area contributed by atoms with Crippen LogP contribution in [0.4, 0.5) is 0 Å². The van der Waals surface area contributed by atoms with Gasteiger partial charge in [-0.05, 0) is 44.7 Å². The fourth-order valence-electron chi connectivity index (χ4n) is 3.16. The zero-order valence-electron chi connectivity index (χ0n) is 11.6. The molecule has 6 heteroatoms. The van der Waals surface area contributed by atoms with Gasteiger partial charge in [-0.1, -0.05) is 0 Å². The SMILES string of the molecule is CS(=O)(=O)C[C@H]1CCCN(C(=O)C2CCNCC2)C1. The van der Waals surface area contributed by atoms with E-state index in [9.17, 15) is 13.2 Å². The smallest absolute Gasteiger partial charge is 0.225 e. The molecule has 2 aliphatic heterocycles. The van der Waals surface area contributed by atoms with Crippen LogP contribution in [-0.4, -0.2) is 57.4 Å². The molecule has 0 aliphatic carbocycles. The normalized spacial score (nSPS) is 26.4. The number of hydrogen-bond donors (Lipinski definition) is 1. The molecule has 0 radical (unpaired) electrons. The molecule has 2 aliphatic rings. The van der Waals surface area contributed by atoms with E-state index in [0.717, 1.165) is 45.3 Å². The van der Waals surface area contributed by atoms with Crippen molar-refractivity contribution in [2.24, 2.45) is 11.8 Å². The van der Waals surface area contributed by atoms with Gasteiger partial charge in [0.05, 0.1) is 5.75 Å². The van der Waals surface area contributed by atoms with E-state index in [1.807, 2.05) is 4.90 Å². The van der Waals surface area contributed by atoms with Crippen LogP contribution >= 0.6 is 0 Å². The Bertz CT molecular complexity index is 416. The van der Waals surface area contributed by atoms with Gasteiger partial charge in [0, 0.05) is 25.3 Å². The lowest BCUT2D eigenvalue weighted by Crippen LogP contribution is -2.46. The van der Waals surface area contributed by atoms with E-state index >= 15 is 0 Å². The van der Waals surface area contributed by atoms with Gasteiger partial charge < -0.3 is 10.2 Å². The van der Waals surface area contributed by atoms with Crippen LogP contribution in [0.3, 0.4) is 0 Å². The minimum absolute atomic E-state index is 0.120. The second-order valence-corrected chi connectivity index (χ2v) is 8.09. The van der Waals surface area contributed by atoms with Gasteiger partial charge in [-0.15, -0.1) is 0 Å². The highest BCUT2D eigenvalue weighted by atomic mass is 32.2. The van der Waals surface area contributed by atoms with Gasteiger partial charge in [0.25, 0.3) is 0 Å². The minimum Gasteiger partial charge on any atom is -0.342 e. The van der Waals surface area contributed by atoms with Crippen molar-refractivity contribution in [2.45, 2.75) is 25.7 Å². The first kappa shape index (κ1) is 14.8. The van der Waals surface area contributed by atoms with Gasteiger partial charge in [0.2, 0.25) is 5.91 Å². The van der Waals surface area contributed by atoms with E-state index in [4.69, 9.17) is 0 Å². The van der Waals surface area contributed by atoms with Crippen LogP contribution in [0, 0.1) is 11.8 Å². The maximum absolute atomic E-state index is 12.4. The highest BCUT2D eigenvalue weighted by Gasteiger charge is 2.30. The number of rotatable bonds is 3. The average molecular weight is 288 g/mol. The first-order chi connectivity index (χ1) is 8.96. The van der Waals surface area contributed by atoms with Gasteiger partial charge in [0.1, 0.15) is 9.84 Å². The zero-order chi connectivity index (χ0) is 13.9. The maximum atomic E-state index is 12.4. The van der Waals surface area contributed by atoms with E-state index in [1.165, 1.54) is 6.26 Å². The molecule has 110 valence electrons. The number of piperidine rings is 2. The molecular formula is C13H24N2O3S. The topological polar surface area (TPSA) is 66.5 Å². The molecule has 2 fully saturated rings. The fourth-order valence-corrected chi connectivity index (χ4v) is 4.28. The summed E-state index contributed by atoms with van der Waals surface area (Å²) in [5.41, 5.74) is 0. The Hall–Kier alpha value is -0.620. The van der Waals surface area contributed by atoms with E-state index < -0.39 is 9.84 Å². The quantitative estimate of drug-likeness (QED) is 0.809. The molecule has 1 atom stereocenters. The molecule has 2 heterocycles. The van der Waals surface area contributed by atoms with Crippen molar-refractivity contribution >= 4 is 15.7 Å². The molecule has 19 heavy (non-hydrogen) atoms. The van der Waals surface area contributed by atoms with Gasteiger partial charge in [0.15, 0.2) is 0 Å². The summed E-state index contributed by atoms with van der Waals surface area (Å²) in [6, 6.07) is 0. The Morgan fingerprint density at radius 3 is 2.58 bits per heavy atom. The second-order valence-electron chi connectivity index (χ2n) is 5.91. The van der Waals surface area contributed by atoms with Gasteiger partial charge >= 0.3 is 0 Å². The van der Waals surface area contributed by atoms with Crippen molar-refractivity contribution in [3.05, 3.63) is 0 Å². The summed E-state index contributed by atoms with van der Waals surface area (Å²) in [6.45, 7) is 3.24. The van der Waals surface area contributed by atoms with Crippen molar-refractivity contribution in [1.29, 1.82) is 0 Å². The Balaban J connectivity index is 1.91. The number of nitrogens with one attached hydrogen (secondary N) is 1. The highest BCUT2D eigenvalue weighted by molar-refractivity contribution is 7.90. The van der Waals surface area contributed by atoms with Crippen LogP contribution < -0.4 is 5.32 Å². The van der Waals surface area contributed by atoms with Crippen molar-refractivity contribution < 1.29 is 13.2 Å². The van der Waals surface area contributed by atoms with Gasteiger partial charge in [-0.2, -0.15) is 0 Å². The Morgan fingerprint density at radius 1 is 1.26 bits per heavy atom. The summed E-state index contributed by atoms with van der Waals surface area (Å²) >= 11 is 0. The third-order valence-electron chi connectivity index (χ3n) is 4.06. The molecule has 2 rings (SSSR count). The molecule has 0 spiro atoms. The molecule has 0 aromatic heterocycles. The summed E-state index contributed by atoms with van der Waals surface area (Å²) in [5.74, 6) is 0.704. The van der Waals surface area contributed by atoms with Crippen LogP contribution in [0.25, 0.3) is 0 Å². The molecule has 5 nitrogen and oxygen atoms in total. The monoisotopic (exact) mass is 288 g/mol. The van der Waals surface area contributed by atoms with Crippen LogP contribution in [0.2, 0.25) is 0 Å². The average Bonchev–Trinajstić information content (AvgIpc) is 2.37. The lowest BCUT2D eigenvalue weighted by molar-refractivity contribution is -0.138. The third kappa shape index (κ3) is 4.45. The summed E-state index contributed by atoms with van der Waals surface area (Å²) in [4.78, 5) is 14.3. The van der Waals surface area contributed by atoms with Crippen molar-refractivity contribution in [3.8, 4) is 0 Å². The fraction of sp³-hybridized carbons (Fsp3) is 0.923. The molecule has 1 N–H and O–H groups in total. The number of hydrogen-bond acceptors (Lipinski definition) is 4. The first-order valence-electron chi connectivity index (χ1n) is 7.13. The molecule has 1 amide bonds. The Kier molecular flexibility index (Phi) is 4.84. The Labute approximate surface area is 115 Å². The van der Waals surface area contributed by atoms with Crippen LogP contribution in [-0.2, 0) is 14.6 Å². The largest absolute Gasteiger partial charge is 0.342 e. The van der Waals surface area contributed by atoms with E-state index in [0.29, 0.717) is 6.54 Å². The van der Waals surface area contributed by atoms with Crippen LogP contribution in [0.1, 0.15) is 25.7 Å².